The van der Waals surface area contributed by atoms with Crippen molar-refractivity contribution in [2.45, 2.75) is 19.4 Å². The summed E-state index contributed by atoms with van der Waals surface area (Å²) in [6, 6.07) is 9.61. The second kappa shape index (κ2) is 5.87. The van der Waals surface area contributed by atoms with Crippen LogP contribution >= 0.6 is 0 Å². The van der Waals surface area contributed by atoms with E-state index in [9.17, 15) is 4.79 Å². The highest BCUT2D eigenvalue weighted by atomic mass is 16.1. The molecule has 4 rings (SSSR count). The minimum Gasteiger partial charge on any atom is -0.342 e. The summed E-state index contributed by atoms with van der Waals surface area (Å²) in [6.45, 7) is 2.67. The van der Waals surface area contributed by atoms with Crippen molar-refractivity contribution in [3.63, 3.8) is 0 Å². The second-order valence-corrected chi connectivity index (χ2v) is 6.08. The maximum Gasteiger partial charge on any atom is 0.253 e. The molecule has 0 saturated carbocycles. The Hall–Kier alpha value is -2.63. The van der Waals surface area contributed by atoms with Crippen LogP contribution in [0.2, 0.25) is 0 Å². The molecule has 3 aromatic rings. The molecule has 1 aliphatic heterocycles. The fraction of sp³-hybridized carbons (Fsp3) is 0.353. The van der Waals surface area contributed by atoms with Crippen LogP contribution in [0.15, 0.2) is 47.7 Å². The molecule has 118 valence electrons. The predicted molar refractivity (Wildman–Crippen MR) is 89.5 cm³/mol. The number of rotatable bonds is 3. The zero-order chi connectivity index (χ0) is 15.6. The molecule has 23 heavy (non-hydrogen) atoms. The normalized spacial score (nSPS) is 16.1. The Morgan fingerprint density at radius 2 is 2.00 bits per heavy atom. The molecular weight excluding hydrogens is 290 g/mol. The third kappa shape index (κ3) is 2.84. The fourth-order valence-electron chi connectivity index (χ4n) is 3.21. The van der Waals surface area contributed by atoms with E-state index in [1.54, 1.807) is 17.1 Å². The standard InChI is InChI=1S/C17H19N5O/c23-16-5-8-18-12-22(16)11-13-6-9-21(10-7-13)17-19-14-3-1-2-4-15(14)20-17/h1-5,8,12-13H,6-7,9-11H2,(H,19,20). The number of aromatic amines is 1. The molecule has 3 heterocycles. The lowest BCUT2D eigenvalue weighted by Crippen LogP contribution is -2.36. The number of nitrogens with zero attached hydrogens (tertiary/aromatic N) is 4. The van der Waals surface area contributed by atoms with E-state index in [0.717, 1.165) is 49.5 Å². The number of hydrogen-bond donors (Lipinski definition) is 1. The topological polar surface area (TPSA) is 66.8 Å². The van der Waals surface area contributed by atoms with Gasteiger partial charge in [-0.05, 0) is 30.9 Å². The van der Waals surface area contributed by atoms with Crippen LogP contribution in [0.25, 0.3) is 11.0 Å². The summed E-state index contributed by atoms with van der Waals surface area (Å²) in [4.78, 5) is 26.2. The summed E-state index contributed by atoms with van der Waals surface area (Å²) in [5.74, 6) is 1.46. The number of hydrogen-bond acceptors (Lipinski definition) is 4. The van der Waals surface area contributed by atoms with Crippen LogP contribution in [0.1, 0.15) is 12.8 Å². The quantitative estimate of drug-likeness (QED) is 0.804. The lowest BCUT2D eigenvalue weighted by atomic mass is 9.97. The first kappa shape index (κ1) is 14.0. The van der Waals surface area contributed by atoms with Crippen LogP contribution in [0.5, 0.6) is 0 Å². The Bertz CT molecular complexity index is 827. The van der Waals surface area contributed by atoms with Gasteiger partial charge in [0, 0.05) is 31.9 Å². The third-order valence-electron chi connectivity index (χ3n) is 4.54. The van der Waals surface area contributed by atoms with Gasteiger partial charge in [0.1, 0.15) is 0 Å². The average molecular weight is 309 g/mol. The van der Waals surface area contributed by atoms with Gasteiger partial charge in [-0.2, -0.15) is 0 Å². The van der Waals surface area contributed by atoms with Gasteiger partial charge in [0.05, 0.1) is 17.4 Å². The zero-order valence-corrected chi connectivity index (χ0v) is 12.9. The molecular formula is C17H19N5O. The van der Waals surface area contributed by atoms with E-state index in [-0.39, 0.29) is 5.56 Å². The third-order valence-corrected chi connectivity index (χ3v) is 4.54. The maximum absolute atomic E-state index is 11.8. The van der Waals surface area contributed by atoms with Gasteiger partial charge < -0.3 is 9.88 Å². The zero-order valence-electron chi connectivity index (χ0n) is 12.9. The van der Waals surface area contributed by atoms with Crippen molar-refractivity contribution in [2.75, 3.05) is 18.0 Å². The minimum absolute atomic E-state index is 0.0275. The SMILES string of the molecule is O=c1ccncn1CC1CCN(c2nc3ccccc3[nH]2)CC1. The summed E-state index contributed by atoms with van der Waals surface area (Å²) in [5.41, 5.74) is 2.11. The van der Waals surface area contributed by atoms with E-state index < -0.39 is 0 Å². The molecule has 1 aliphatic rings. The van der Waals surface area contributed by atoms with Crippen LogP contribution in [0, 0.1) is 5.92 Å². The molecule has 6 heteroatoms. The van der Waals surface area contributed by atoms with Crippen molar-refractivity contribution in [1.82, 2.24) is 19.5 Å². The highest BCUT2D eigenvalue weighted by Gasteiger charge is 2.21. The van der Waals surface area contributed by atoms with Crippen LogP contribution in [-0.2, 0) is 6.54 Å². The van der Waals surface area contributed by atoms with Crippen molar-refractivity contribution in [1.29, 1.82) is 0 Å². The van der Waals surface area contributed by atoms with Gasteiger partial charge in [0.2, 0.25) is 5.95 Å². The Morgan fingerprint density at radius 3 is 2.78 bits per heavy atom. The second-order valence-electron chi connectivity index (χ2n) is 6.08. The van der Waals surface area contributed by atoms with E-state index in [0.29, 0.717) is 5.92 Å². The number of piperidine rings is 1. The predicted octanol–water partition coefficient (Wildman–Crippen LogP) is 2.04. The summed E-state index contributed by atoms with van der Waals surface area (Å²) in [5, 5.41) is 0. The first-order valence-corrected chi connectivity index (χ1v) is 8.00. The van der Waals surface area contributed by atoms with Gasteiger partial charge in [0.15, 0.2) is 0 Å². The number of benzene rings is 1. The van der Waals surface area contributed by atoms with Crippen molar-refractivity contribution in [3.8, 4) is 0 Å². The van der Waals surface area contributed by atoms with E-state index in [1.165, 1.54) is 6.07 Å². The number of imidazole rings is 1. The Kier molecular flexibility index (Phi) is 3.57. The van der Waals surface area contributed by atoms with Gasteiger partial charge >= 0.3 is 0 Å². The van der Waals surface area contributed by atoms with Crippen molar-refractivity contribution >= 4 is 17.0 Å². The average Bonchev–Trinajstić information content (AvgIpc) is 3.02. The first-order chi connectivity index (χ1) is 11.3. The number of aromatic nitrogens is 4. The van der Waals surface area contributed by atoms with Crippen LogP contribution in [0.3, 0.4) is 0 Å². The number of anilines is 1. The highest BCUT2D eigenvalue weighted by molar-refractivity contribution is 5.77. The van der Waals surface area contributed by atoms with Gasteiger partial charge in [0.25, 0.3) is 5.56 Å². The Labute approximate surface area is 133 Å². The molecule has 1 saturated heterocycles. The monoisotopic (exact) mass is 309 g/mol. The maximum atomic E-state index is 11.8. The molecule has 0 unspecified atom stereocenters. The molecule has 1 aromatic carbocycles. The van der Waals surface area contributed by atoms with E-state index in [1.807, 2.05) is 24.3 Å². The fourth-order valence-corrected chi connectivity index (χ4v) is 3.21. The molecule has 0 atom stereocenters. The van der Waals surface area contributed by atoms with Crippen LogP contribution < -0.4 is 10.5 Å². The van der Waals surface area contributed by atoms with Crippen molar-refractivity contribution < 1.29 is 0 Å². The summed E-state index contributed by atoms with van der Waals surface area (Å²) >= 11 is 0. The summed E-state index contributed by atoms with van der Waals surface area (Å²) in [6.07, 6.45) is 5.29. The molecule has 0 spiro atoms. The molecule has 1 fully saturated rings. The van der Waals surface area contributed by atoms with Gasteiger partial charge in [-0.1, -0.05) is 12.1 Å². The van der Waals surface area contributed by atoms with E-state index in [4.69, 9.17) is 0 Å². The lowest BCUT2D eigenvalue weighted by Gasteiger charge is -2.31. The number of fused-ring (bicyclic) bond motifs is 1. The van der Waals surface area contributed by atoms with Crippen LogP contribution in [-0.4, -0.2) is 32.6 Å². The Balaban J connectivity index is 1.42. The molecule has 0 aliphatic carbocycles. The molecule has 0 radical (unpaired) electrons. The molecule has 1 N–H and O–H groups in total. The van der Waals surface area contributed by atoms with Crippen LogP contribution in [0.4, 0.5) is 5.95 Å². The summed E-state index contributed by atoms with van der Waals surface area (Å²) in [7, 11) is 0. The highest BCUT2D eigenvalue weighted by Crippen LogP contribution is 2.24. The van der Waals surface area contributed by atoms with Crippen molar-refractivity contribution in [2.24, 2.45) is 5.92 Å². The van der Waals surface area contributed by atoms with E-state index >= 15 is 0 Å². The molecule has 2 aromatic heterocycles. The summed E-state index contributed by atoms with van der Waals surface area (Å²) < 4.78 is 1.71. The number of H-pyrrole nitrogens is 1. The number of para-hydroxylation sites is 2. The lowest BCUT2D eigenvalue weighted by molar-refractivity contribution is 0.349. The number of nitrogens with one attached hydrogen (secondary N) is 1. The smallest absolute Gasteiger partial charge is 0.253 e. The molecule has 0 amide bonds. The molecule has 0 bridgehead atoms. The van der Waals surface area contributed by atoms with Gasteiger partial charge in [-0.15, -0.1) is 0 Å². The first-order valence-electron chi connectivity index (χ1n) is 8.00. The van der Waals surface area contributed by atoms with E-state index in [2.05, 4.69) is 19.9 Å². The van der Waals surface area contributed by atoms with Gasteiger partial charge in [-0.25, -0.2) is 9.97 Å². The minimum atomic E-state index is 0.0275. The largest absolute Gasteiger partial charge is 0.342 e. The van der Waals surface area contributed by atoms with Gasteiger partial charge in [-0.3, -0.25) is 9.36 Å². The molecule has 6 nitrogen and oxygen atoms in total. The van der Waals surface area contributed by atoms with Crippen molar-refractivity contribution in [3.05, 3.63) is 53.2 Å². The Morgan fingerprint density at radius 1 is 1.17 bits per heavy atom.